The average molecular weight is 396 g/mol. The van der Waals surface area contributed by atoms with Gasteiger partial charge in [0, 0.05) is 12.1 Å². The third-order valence-corrected chi connectivity index (χ3v) is 6.89. The average Bonchev–Trinajstić information content (AvgIpc) is 2.54. The number of nitrogens with two attached hydrogens (primary N) is 1. The summed E-state index contributed by atoms with van der Waals surface area (Å²) in [5.41, 5.74) is 5.09. The lowest BCUT2D eigenvalue weighted by Gasteiger charge is -2.26. The highest BCUT2D eigenvalue weighted by molar-refractivity contribution is 7.92. The summed E-state index contributed by atoms with van der Waals surface area (Å²) < 4.78 is 66.6. The second-order valence-electron chi connectivity index (χ2n) is 5.96. The van der Waals surface area contributed by atoms with Crippen molar-refractivity contribution in [3.63, 3.8) is 0 Å². The molecule has 0 amide bonds. The molecule has 4 N–H and O–H groups in total. The van der Waals surface area contributed by atoms with Crippen molar-refractivity contribution in [2.45, 2.75) is 50.5 Å². The zero-order valence-electron chi connectivity index (χ0n) is 14.7. The van der Waals surface area contributed by atoms with E-state index < -0.39 is 31.4 Å². The Morgan fingerprint density at radius 1 is 1.12 bits per heavy atom. The first kappa shape index (κ1) is 21.8. The van der Waals surface area contributed by atoms with Crippen LogP contribution in [0.25, 0.3) is 0 Å². The number of sulfonamides is 2. The highest BCUT2D eigenvalue weighted by atomic mass is 32.2. The van der Waals surface area contributed by atoms with Crippen LogP contribution in [0.4, 0.5) is 10.1 Å². The fourth-order valence-corrected chi connectivity index (χ4v) is 4.35. The fraction of sp³-hybridized carbons (Fsp3) is 0.600. The zero-order chi connectivity index (χ0) is 19.3. The van der Waals surface area contributed by atoms with E-state index in [1.165, 1.54) is 0 Å². The van der Waals surface area contributed by atoms with E-state index in [1.54, 1.807) is 6.92 Å². The van der Waals surface area contributed by atoms with Gasteiger partial charge in [-0.2, -0.15) is 0 Å². The molecule has 1 rings (SSSR count). The normalized spacial score (nSPS) is 13.0. The van der Waals surface area contributed by atoms with Crippen LogP contribution in [0.15, 0.2) is 23.1 Å². The van der Waals surface area contributed by atoms with E-state index in [4.69, 9.17) is 5.73 Å². The molecule has 0 fully saturated rings. The minimum absolute atomic E-state index is 0.0227. The molecule has 0 bridgehead atoms. The molecule has 0 unspecified atom stereocenters. The smallest absolute Gasteiger partial charge is 0.240 e. The lowest BCUT2D eigenvalue weighted by Crippen LogP contribution is -2.49. The van der Waals surface area contributed by atoms with E-state index >= 15 is 0 Å². The second-order valence-corrected chi connectivity index (χ2v) is 9.57. The molecule has 0 aliphatic rings. The van der Waals surface area contributed by atoms with Gasteiger partial charge in [0.05, 0.1) is 16.3 Å². The highest BCUT2D eigenvalue weighted by Crippen LogP contribution is 2.21. The summed E-state index contributed by atoms with van der Waals surface area (Å²) in [6.07, 6.45) is 1.54. The molecule has 0 spiro atoms. The zero-order valence-corrected chi connectivity index (χ0v) is 16.3. The van der Waals surface area contributed by atoms with Crippen LogP contribution >= 0.6 is 0 Å². The Kier molecular flexibility index (Phi) is 7.36. The van der Waals surface area contributed by atoms with Crippen LogP contribution in [0.1, 0.15) is 40.0 Å². The third kappa shape index (κ3) is 6.21. The van der Waals surface area contributed by atoms with Crippen molar-refractivity contribution in [2.24, 2.45) is 5.73 Å². The standard InChI is InChI=1S/C15H26FN3O4S2/c1-4-9-24(20,21)19-14-8-7-12(10-13(14)16)25(22,23)18-11-15(17,5-2)6-3/h7-8,10,18-19H,4-6,9,11,17H2,1-3H3. The number of benzene rings is 1. The van der Waals surface area contributed by atoms with E-state index in [1.807, 2.05) is 13.8 Å². The monoisotopic (exact) mass is 395 g/mol. The van der Waals surface area contributed by atoms with Crippen LogP contribution in [0.5, 0.6) is 0 Å². The number of hydrogen-bond acceptors (Lipinski definition) is 5. The number of nitrogens with one attached hydrogen (secondary N) is 2. The first-order valence-electron chi connectivity index (χ1n) is 8.07. The van der Waals surface area contributed by atoms with Crippen LogP contribution in [0.3, 0.4) is 0 Å². The molecule has 7 nitrogen and oxygen atoms in total. The van der Waals surface area contributed by atoms with Gasteiger partial charge in [0.1, 0.15) is 5.82 Å². The van der Waals surface area contributed by atoms with Crippen LogP contribution in [0.2, 0.25) is 0 Å². The van der Waals surface area contributed by atoms with Gasteiger partial charge in [0.2, 0.25) is 20.0 Å². The third-order valence-electron chi connectivity index (χ3n) is 4.01. The van der Waals surface area contributed by atoms with Crippen molar-refractivity contribution in [1.29, 1.82) is 0 Å². The molecule has 0 heterocycles. The van der Waals surface area contributed by atoms with E-state index in [0.717, 1.165) is 18.2 Å². The highest BCUT2D eigenvalue weighted by Gasteiger charge is 2.25. The van der Waals surface area contributed by atoms with Crippen molar-refractivity contribution >= 4 is 25.7 Å². The first-order chi connectivity index (χ1) is 11.5. The maximum Gasteiger partial charge on any atom is 0.240 e. The van der Waals surface area contributed by atoms with E-state index in [0.29, 0.717) is 19.3 Å². The Hall–Kier alpha value is -1.23. The number of rotatable bonds is 10. The Morgan fingerprint density at radius 3 is 2.20 bits per heavy atom. The summed E-state index contributed by atoms with van der Waals surface area (Å²) in [7, 11) is -7.62. The Labute approximate surface area is 149 Å². The summed E-state index contributed by atoms with van der Waals surface area (Å²) in [5, 5.41) is 0. The molecule has 10 heteroatoms. The molecular weight excluding hydrogens is 369 g/mol. The number of anilines is 1. The molecule has 1 aromatic rings. The van der Waals surface area contributed by atoms with Crippen molar-refractivity contribution in [3.05, 3.63) is 24.0 Å². The quantitative estimate of drug-likeness (QED) is 0.558. The van der Waals surface area contributed by atoms with Crippen molar-refractivity contribution < 1.29 is 21.2 Å². The van der Waals surface area contributed by atoms with Crippen LogP contribution in [0, 0.1) is 5.82 Å². The molecule has 0 aliphatic heterocycles. The summed E-state index contributed by atoms with van der Waals surface area (Å²) in [5.74, 6) is -1.12. The SMILES string of the molecule is CCCS(=O)(=O)Nc1ccc(S(=O)(=O)NCC(N)(CC)CC)cc1F. The van der Waals surface area contributed by atoms with E-state index in [9.17, 15) is 21.2 Å². The van der Waals surface area contributed by atoms with Crippen LogP contribution in [-0.2, 0) is 20.0 Å². The van der Waals surface area contributed by atoms with Gasteiger partial charge in [0.25, 0.3) is 0 Å². The predicted molar refractivity (Wildman–Crippen MR) is 96.8 cm³/mol. The summed E-state index contributed by atoms with van der Waals surface area (Å²) in [6, 6.07) is 3.01. The molecule has 144 valence electrons. The molecule has 0 saturated heterocycles. The second kappa shape index (κ2) is 8.43. The molecule has 0 aromatic heterocycles. The van der Waals surface area contributed by atoms with Crippen molar-refractivity contribution in [3.8, 4) is 0 Å². The maximum absolute atomic E-state index is 14.1. The van der Waals surface area contributed by atoms with Gasteiger partial charge in [0.15, 0.2) is 0 Å². The van der Waals surface area contributed by atoms with Gasteiger partial charge in [-0.05, 0) is 37.5 Å². The van der Waals surface area contributed by atoms with E-state index in [2.05, 4.69) is 9.44 Å². The van der Waals surface area contributed by atoms with Gasteiger partial charge in [-0.15, -0.1) is 0 Å². The van der Waals surface area contributed by atoms with Crippen molar-refractivity contribution in [1.82, 2.24) is 4.72 Å². The maximum atomic E-state index is 14.1. The first-order valence-corrected chi connectivity index (χ1v) is 11.2. The van der Waals surface area contributed by atoms with Crippen LogP contribution in [-0.4, -0.2) is 34.7 Å². The fourth-order valence-electron chi connectivity index (χ4n) is 2.06. The van der Waals surface area contributed by atoms with E-state index in [-0.39, 0.29) is 22.9 Å². The van der Waals surface area contributed by atoms with Crippen molar-refractivity contribution in [2.75, 3.05) is 17.0 Å². The lowest BCUT2D eigenvalue weighted by molar-refractivity contribution is 0.391. The van der Waals surface area contributed by atoms with Gasteiger partial charge in [-0.25, -0.2) is 25.9 Å². The van der Waals surface area contributed by atoms with Gasteiger partial charge in [-0.3, -0.25) is 4.72 Å². The van der Waals surface area contributed by atoms with Gasteiger partial charge in [-0.1, -0.05) is 20.8 Å². The molecule has 0 aliphatic carbocycles. The lowest BCUT2D eigenvalue weighted by atomic mass is 9.95. The molecule has 0 radical (unpaired) electrons. The predicted octanol–water partition coefficient (Wildman–Crippen LogP) is 1.77. The molecular formula is C15H26FN3O4S2. The Bertz CT molecular complexity index is 791. The number of halogens is 1. The van der Waals surface area contributed by atoms with Gasteiger partial charge >= 0.3 is 0 Å². The largest absolute Gasteiger partial charge is 0.324 e. The Morgan fingerprint density at radius 2 is 1.72 bits per heavy atom. The summed E-state index contributed by atoms with van der Waals surface area (Å²) in [6.45, 7) is 5.42. The topological polar surface area (TPSA) is 118 Å². The minimum atomic E-state index is -3.95. The molecule has 1 aromatic carbocycles. The minimum Gasteiger partial charge on any atom is -0.324 e. The summed E-state index contributed by atoms with van der Waals surface area (Å²) in [4.78, 5) is -0.294. The molecule has 0 atom stereocenters. The molecule has 0 saturated carbocycles. The molecule has 25 heavy (non-hydrogen) atoms. The Balaban J connectivity index is 2.98. The van der Waals surface area contributed by atoms with Gasteiger partial charge < -0.3 is 5.73 Å². The summed E-state index contributed by atoms with van der Waals surface area (Å²) >= 11 is 0. The number of hydrogen-bond donors (Lipinski definition) is 3. The van der Waals surface area contributed by atoms with Crippen LogP contribution < -0.4 is 15.2 Å².